The van der Waals surface area contributed by atoms with Crippen LogP contribution >= 0.6 is 15.9 Å². The average molecular weight is 342 g/mol. The lowest BCUT2D eigenvalue weighted by Crippen LogP contribution is -2.19. The van der Waals surface area contributed by atoms with Gasteiger partial charge in [-0.05, 0) is 24.6 Å². The zero-order chi connectivity index (χ0) is 14.6. The summed E-state index contributed by atoms with van der Waals surface area (Å²) < 4.78 is 44.7. The molecule has 4 nitrogen and oxygen atoms in total. The van der Waals surface area contributed by atoms with Crippen molar-refractivity contribution in [3.05, 3.63) is 27.7 Å². The van der Waals surface area contributed by atoms with Gasteiger partial charge in [0.25, 0.3) is 0 Å². The number of hydrogen-bond donors (Lipinski definition) is 1. The lowest BCUT2D eigenvalue weighted by Gasteiger charge is -2.11. The first-order valence-electron chi connectivity index (χ1n) is 5.08. The molecule has 0 aliphatic rings. The Morgan fingerprint density at radius 2 is 2.05 bits per heavy atom. The van der Waals surface area contributed by atoms with E-state index in [1.54, 1.807) is 13.0 Å². The first-order valence-corrected chi connectivity index (χ1v) is 5.87. The van der Waals surface area contributed by atoms with Gasteiger partial charge in [-0.15, -0.1) is 0 Å². The van der Waals surface area contributed by atoms with Crippen molar-refractivity contribution in [1.82, 2.24) is 0 Å². The standard InChI is InChI=1S/C11H11BrF3NO3/c1-6-8(2-7(12)3-9(6)16)10(17)19-5-18-4-11(13,14)15/h2-3H,4-5,16H2,1H3. The summed E-state index contributed by atoms with van der Waals surface area (Å²) >= 11 is 3.16. The number of benzene rings is 1. The average Bonchev–Trinajstić information content (AvgIpc) is 2.27. The maximum Gasteiger partial charge on any atom is 0.411 e. The van der Waals surface area contributed by atoms with Crippen molar-refractivity contribution in [3.8, 4) is 0 Å². The Balaban J connectivity index is 2.60. The van der Waals surface area contributed by atoms with Crippen LogP contribution in [0.15, 0.2) is 16.6 Å². The number of alkyl halides is 3. The number of nitrogens with two attached hydrogens (primary N) is 1. The molecule has 0 radical (unpaired) electrons. The largest absolute Gasteiger partial charge is 0.435 e. The third kappa shape index (κ3) is 5.07. The van der Waals surface area contributed by atoms with Crippen LogP contribution in [-0.4, -0.2) is 25.5 Å². The number of esters is 1. The minimum absolute atomic E-state index is 0.169. The molecule has 0 fully saturated rings. The van der Waals surface area contributed by atoms with E-state index in [0.717, 1.165) is 0 Å². The Kier molecular flexibility index (Phi) is 5.19. The summed E-state index contributed by atoms with van der Waals surface area (Å²) in [7, 11) is 0. The summed E-state index contributed by atoms with van der Waals surface area (Å²) in [6, 6.07) is 3.07. The Hall–Kier alpha value is -1.28. The SMILES string of the molecule is Cc1c(N)cc(Br)cc1C(=O)OCOCC(F)(F)F. The minimum Gasteiger partial charge on any atom is -0.435 e. The molecule has 8 heteroatoms. The zero-order valence-electron chi connectivity index (χ0n) is 9.88. The molecule has 1 aromatic carbocycles. The molecule has 19 heavy (non-hydrogen) atoms. The molecule has 106 valence electrons. The molecule has 0 aromatic heterocycles. The van der Waals surface area contributed by atoms with Crippen LogP contribution in [0.4, 0.5) is 18.9 Å². The second-order valence-corrected chi connectivity index (χ2v) is 4.60. The van der Waals surface area contributed by atoms with E-state index < -0.39 is 25.5 Å². The van der Waals surface area contributed by atoms with Crippen LogP contribution < -0.4 is 5.73 Å². The highest BCUT2D eigenvalue weighted by Gasteiger charge is 2.27. The van der Waals surface area contributed by atoms with Crippen LogP contribution in [-0.2, 0) is 9.47 Å². The summed E-state index contributed by atoms with van der Waals surface area (Å²) in [5.74, 6) is -0.798. The van der Waals surface area contributed by atoms with Gasteiger partial charge in [-0.25, -0.2) is 4.79 Å². The molecule has 0 aliphatic carbocycles. The maximum absolute atomic E-state index is 11.8. The smallest absolute Gasteiger partial charge is 0.411 e. The molecule has 0 aliphatic heterocycles. The molecule has 0 saturated carbocycles. The van der Waals surface area contributed by atoms with E-state index in [9.17, 15) is 18.0 Å². The summed E-state index contributed by atoms with van der Waals surface area (Å²) in [5.41, 5.74) is 6.68. The fraction of sp³-hybridized carbons (Fsp3) is 0.364. The second kappa shape index (κ2) is 6.25. The molecule has 2 N–H and O–H groups in total. The predicted octanol–water partition coefficient (Wildman–Crippen LogP) is 3.03. The van der Waals surface area contributed by atoms with E-state index in [1.807, 2.05) is 0 Å². The quantitative estimate of drug-likeness (QED) is 0.395. The molecule has 1 rings (SSSR count). The van der Waals surface area contributed by atoms with Gasteiger partial charge in [-0.3, -0.25) is 0 Å². The molecule has 0 bridgehead atoms. The molecule has 0 atom stereocenters. The topological polar surface area (TPSA) is 61.6 Å². The lowest BCUT2D eigenvalue weighted by atomic mass is 10.1. The fourth-order valence-electron chi connectivity index (χ4n) is 1.24. The number of halogens is 4. The van der Waals surface area contributed by atoms with Gasteiger partial charge in [0.15, 0.2) is 6.79 Å². The van der Waals surface area contributed by atoms with Gasteiger partial charge in [0.1, 0.15) is 6.61 Å². The number of hydrogen-bond acceptors (Lipinski definition) is 4. The molecule has 0 amide bonds. The highest BCUT2D eigenvalue weighted by molar-refractivity contribution is 9.10. The van der Waals surface area contributed by atoms with E-state index in [2.05, 4.69) is 25.4 Å². The number of rotatable bonds is 4. The van der Waals surface area contributed by atoms with Gasteiger partial charge in [-0.2, -0.15) is 13.2 Å². The molecule has 0 heterocycles. The van der Waals surface area contributed by atoms with Crippen molar-refractivity contribution in [1.29, 1.82) is 0 Å². The summed E-state index contributed by atoms with van der Waals surface area (Å²) in [5, 5.41) is 0. The van der Waals surface area contributed by atoms with Crippen molar-refractivity contribution in [2.45, 2.75) is 13.1 Å². The molecular formula is C11H11BrF3NO3. The third-order valence-corrected chi connectivity index (χ3v) is 2.63. The Morgan fingerprint density at radius 3 is 2.63 bits per heavy atom. The van der Waals surface area contributed by atoms with Crippen molar-refractivity contribution >= 4 is 27.6 Å². The van der Waals surface area contributed by atoms with Gasteiger partial charge < -0.3 is 15.2 Å². The van der Waals surface area contributed by atoms with Gasteiger partial charge in [0.05, 0.1) is 5.56 Å². The van der Waals surface area contributed by atoms with E-state index in [1.165, 1.54) is 6.07 Å². The minimum atomic E-state index is -4.46. The van der Waals surface area contributed by atoms with Crippen molar-refractivity contribution in [2.75, 3.05) is 19.1 Å². The Morgan fingerprint density at radius 1 is 1.42 bits per heavy atom. The van der Waals surface area contributed by atoms with E-state index >= 15 is 0 Å². The van der Waals surface area contributed by atoms with Crippen LogP contribution in [0, 0.1) is 6.92 Å². The van der Waals surface area contributed by atoms with Crippen LogP contribution in [0.1, 0.15) is 15.9 Å². The summed E-state index contributed by atoms with van der Waals surface area (Å²) in [6.45, 7) is -0.640. The summed E-state index contributed by atoms with van der Waals surface area (Å²) in [6.07, 6.45) is -4.46. The van der Waals surface area contributed by atoms with Crippen LogP contribution in [0.25, 0.3) is 0 Å². The van der Waals surface area contributed by atoms with Crippen molar-refractivity contribution < 1.29 is 27.4 Å². The first kappa shape index (κ1) is 15.8. The number of carbonyl (C=O) groups excluding carboxylic acids is 1. The maximum atomic E-state index is 11.8. The monoisotopic (exact) mass is 341 g/mol. The zero-order valence-corrected chi connectivity index (χ0v) is 11.5. The van der Waals surface area contributed by atoms with Crippen molar-refractivity contribution in [3.63, 3.8) is 0 Å². The molecule has 1 aromatic rings. The first-order chi connectivity index (χ1) is 8.70. The number of ether oxygens (including phenoxy) is 2. The molecule has 0 unspecified atom stereocenters. The number of nitrogen functional groups attached to an aromatic ring is 1. The fourth-order valence-corrected chi connectivity index (χ4v) is 1.72. The third-order valence-electron chi connectivity index (χ3n) is 2.17. The number of anilines is 1. The predicted molar refractivity (Wildman–Crippen MR) is 65.6 cm³/mol. The van der Waals surface area contributed by atoms with Gasteiger partial charge in [0, 0.05) is 10.2 Å². The number of carbonyl (C=O) groups is 1. The Labute approximate surface area is 115 Å². The highest BCUT2D eigenvalue weighted by atomic mass is 79.9. The lowest BCUT2D eigenvalue weighted by molar-refractivity contribution is -0.190. The molecular weight excluding hydrogens is 331 g/mol. The van der Waals surface area contributed by atoms with Crippen molar-refractivity contribution in [2.24, 2.45) is 0 Å². The Bertz CT molecular complexity index is 477. The molecule has 0 saturated heterocycles. The van der Waals surface area contributed by atoms with Crippen LogP contribution in [0.2, 0.25) is 0 Å². The normalized spacial score (nSPS) is 11.4. The van der Waals surface area contributed by atoms with Crippen LogP contribution in [0.3, 0.4) is 0 Å². The van der Waals surface area contributed by atoms with E-state index in [0.29, 0.717) is 15.7 Å². The highest BCUT2D eigenvalue weighted by Crippen LogP contribution is 2.23. The second-order valence-electron chi connectivity index (χ2n) is 3.68. The van der Waals surface area contributed by atoms with Gasteiger partial charge in [0.2, 0.25) is 0 Å². The summed E-state index contributed by atoms with van der Waals surface area (Å²) in [4.78, 5) is 11.6. The van der Waals surface area contributed by atoms with Crippen LogP contribution in [0.5, 0.6) is 0 Å². The van der Waals surface area contributed by atoms with E-state index in [4.69, 9.17) is 5.73 Å². The van der Waals surface area contributed by atoms with Gasteiger partial charge >= 0.3 is 12.1 Å². The van der Waals surface area contributed by atoms with E-state index in [-0.39, 0.29) is 5.56 Å². The van der Waals surface area contributed by atoms with Gasteiger partial charge in [-0.1, -0.05) is 15.9 Å². The molecule has 0 spiro atoms.